The molecule has 3 aromatic rings. The molecule has 39 heavy (non-hydrogen) atoms. The first-order valence-electron chi connectivity index (χ1n) is 14.1. The molecule has 0 atom stereocenters. The number of amides is 2. The highest BCUT2D eigenvalue weighted by Crippen LogP contribution is 2.32. The Hall–Kier alpha value is -3.36. The smallest absolute Gasteiger partial charge is 0.252 e. The lowest BCUT2D eigenvalue weighted by atomic mass is 9.87. The van der Waals surface area contributed by atoms with Crippen LogP contribution in [0.15, 0.2) is 48.5 Å². The number of aliphatic hydroxyl groups excluding tert-OH is 1. The summed E-state index contributed by atoms with van der Waals surface area (Å²) in [7, 11) is 0. The van der Waals surface area contributed by atoms with Crippen LogP contribution in [0.2, 0.25) is 0 Å². The predicted octanol–water partition coefficient (Wildman–Crippen LogP) is 4.38. The molecule has 1 aliphatic heterocycles. The van der Waals surface area contributed by atoms with Crippen LogP contribution in [0.5, 0.6) is 0 Å². The van der Waals surface area contributed by atoms with Gasteiger partial charge in [-0.25, -0.2) is 9.37 Å². The van der Waals surface area contributed by atoms with E-state index in [2.05, 4.69) is 5.32 Å². The fourth-order valence-electron chi connectivity index (χ4n) is 5.95. The zero-order chi connectivity index (χ0) is 27.2. The Bertz CT molecular complexity index is 1310. The van der Waals surface area contributed by atoms with Crippen molar-refractivity contribution in [2.24, 2.45) is 5.92 Å². The van der Waals surface area contributed by atoms with E-state index >= 15 is 0 Å². The molecule has 1 saturated carbocycles. The number of rotatable bonds is 9. The molecule has 2 aromatic carbocycles. The molecule has 1 aliphatic carbocycles. The number of benzene rings is 2. The van der Waals surface area contributed by atoms with E-state index in [-0.39, 0.29) is 25.0 Å². The van der Waals surface area contributed by atoms with E-state index in [0.717, 1.165) is 12.0 Å². The number of hydrogen-bond acceptors (Lipinski definition) is 5. The molecule has 2 amide bonds. The van der Waals surface area contributed by atoms with Gasteiger partial charge in [0.15, 0.2) is 0 Å². The summed E-state index contributed by atoms with van der Waals surface area (Å²) in [6, 6.07) is 14.1. The maximum absolute atomic E-state index is 14.5. The zero-order valence-corrected chi connectivity index (χ0v) is 22.4. The molecule has 2 heterocycles. The Morgan fingerprint density at radius 3 is 2.62 bits per heavy atom. The number of halogens is 1. The highest BCUT2D eigenvalue weighted by atomic mass is 19.1. The minimum Gasteiger partial charge on any atom is -0.395 e. The third kappa shape index (κ3) is 6.45. The monoisotopic (exact) mass is 532 g/mol. The number of pyridine rings is 1. The van der Waals surface area contributed by atoms with E-state index in [0.29, 0.717) is 66.4 Å². The van der Waals surface area contributed by atoms with Gasteiger partial charge in [-0.1, -0.05) is 62.4 Å². The standard InChI is InChI=1S/C31H37FN4O3/c32-24-11-12-27-25(19-24)29(31(39)33-14-13-22-7-3-1-4-8-22)26(30(34-27)23-9-5-2-6-10-23)20-35-15-16-36(17-18-37)28(38)21-35/h2,5-6,9-12,19,22,37H,1,3-4,7-8,13-18,20-21H2,(H,33,39). The Kier molecular flexibility index (Phi) is 8.84. The molecule has 8 heteroatoms. The summed E-state index contributed by atoms with van der Waals surface area (Å²) >= 11 is 0. The number of aromatic nitrogens is 1. The fourth-order valence-corrected chi connectivity index (χ4v) is 5.95. The van der Waals surface area contributed by atoms with Gasteiger partial charge in [0, 0.05) is 49.2 Å². The lowest BCUT2D eigenvalue weighted by Crippen LogP contribution is -2.50. The quantitative estimate of drug-likeness (QED) is 0.427. The van der Waals surface area contributed by atoms with Crippen molar-refractivity contribution in [2.75, 3.05) is 39.3 Å². The third-order valence-electron chi connectivity index (χ3n) is 8.03. The fraction of sp³-hybridized carbons (Fsp3) is 0.452. The summed E-state index contributed by atoms with van der Waals surface area (Å²) in [5.74, 6) is -0.0888. The van der Waals surface area contributed by atoms with Crippen LogP contribution in [-0.4, -0.2) is 71.0 Å². The predicted molar refractivity (Wildman–Crippen MR) is 150 cm³/mol. The summed E-state index contributed by atoms with van der Waals surface area (Å²) in [6.07, 6.45) is 7.15. The second-order valence-corrected chi connectivity index (χ2v) is 10.7. The van der Waals surface area contributed by atoms with E-state index in [1.807, 2.05) is 35.2 Å². The maximum Gasteiger partial charge on any atom is 0.252 e. The van der Waals surface area contributed by atoms with Crippen LogP contribution in [0.4, 0.5) is 4.39 Å². The molecule has 206 valence electrons. The summed E-state index contributed by atoms with van der Waals surface area (Å²) in [6.45, 7) is 2.41. The van der Waals surface area contributed by atoms with Crippen LogP contribution < -0.4 is 5.32 Å². The molecule has 1 aromatic heterocycles. The number of β-amino-alcohol motifs (C(OH)–C–C–N with tert-alkyl or cyclic N) is 1. The van der Waals surface area contributed by atoms with Gasteiger partial charge in [0.2, 0.25) is 5.91 Å². The highest BCUT2D eigenvalue weighted by Gasteiger charge is 2.28. The average molecular weight is 533 g/mol. The van der Waals surface area contributed by atoms with Crippen molar-refractivity contribution in [3.05, 3.63) is 65.5 Å². The summed E-state index contributed by atoms with van der Waals surface area (Å²) in [4.78, 5) is 35.2. The minimum atomic E-state index is -0.424. The van der Waals surface area contributed by atoms with Gasteiger partial charge in [0.05, 0.1) is 29.9 Å². The van der Waals surface area contributed by atoms with Crippen molar-refractivity contribution in [1.29, 1.82) is 0 Å². The molecule has 0 radical (unpaired) electrons. The van der Waals surface area contributed by atoms with Crippen LogP contribution in [0.3, 0.4) is 0 Å². The number of fused-ring (bicyclic) bond motifs is 1. The van der Waals surface area contributed by atoms with E-state index in [9.17, 15) is 19.1 Å². The molecule has 7 nitrogen and oxygen atoms in total. The van der Waals surface area contributed by atoms with Crippen LogP contribution in [0.1, 0.15) is 54.4 Å². The van der Waals surface area contributed by atoms with Gasteiger partial charge in [-0.15, -0.1) is 0 Å². The number of aliphatic hydroxyl groups is 1. The number of carbonyl (C=O) groups is 2. The molecule has 0 unspecified atom stereocenters. The summed E-state index contributed by atoms with van der Waals surface area (Å²) in [5.41, 5.74) is 3.20. The normalized spacial score (nSPS) is 17.1. The van der Waals surface area contributed by atoms with E-state index < -0.39 is 5.82 Å². The van der Waals surface area contributed by atoms with Crippen LogP contribution in [-0.2, 0) is 11.3 Å². The lowest BCUT2D eigenvalue weighted by molar-refractivity contribution is -0.136. The number of nitrogens with zero attached hydrogens (tertiary/aromatic N) is 3. The van der Waals surface area contributed by atoms with Crippen LogP contribution >= 0.6 is 0 Å². The van der Waals surface area contributed by atoms with Crippen LogP contribution in [0, 0.1) is 11.7 Å². The maximum atomic E-state index is 14.5. The zero-order valence-electron chi connectivity index (χ0n) is 22.4. The summed E-state index contributed by atoms with van der Waals surface area (Å²) in [5, 5.41) is 12.9. The number of piperazine rings is 1. The first-order valence-corrected chi connectivity index (χ1v) is 14.1. The van der Waals surface area contributed by atoms with Crippen molar-refractivity contribution < 1.29 is 19.1 Å². The van der Waals surface area contributed by atoms with Gasteiger partial charge in [-0.05, 0) is 30.5 Å². The van der Waals surface area contributed by atoms with E-state index in [1.165, 1.54) is 44.2 Å². The molecule has 2 fully saturated rings. The molecule has 2 aliphatic rings. The lowest BCUT2D eigenvalue weighted by Gasteiger charge is -2.34. The summed E-state index contributed by atoms with van der Waals surface area (Å²) < 4.78 is 14.5. The molecule has 0 spiro atoms. The molecule has 1 saturated heterocycles. The van der Waals surface area contributed by atoms with Gasteiger partial charge in [-0.2, -0.15) is 0 Å². The van der Waals surface area contributed by atoms with Crippen molar-refractivity contribution in [1.82, 2.24) is 20.1 Å². The van der Waals surface area contributed by atoms with Gasteiger partial charge in [-0.3, -0.25) is 14.5 Å². The first kappa shape index (κ1) is 27.2. The number of carbonyl (C=O) groups excluding carboxylic acids is 2. The van der Waals surface area contributed by atoms with Crippen molar-refractivity contribution >= 4 is 22.7 Å². The Labute approximate surface area is 229 Å². The topological polar surface area (TPSA) is 85.8 Å². The number of nitrogens with one attached hydrogen (secondary N) is 1. The highest BCUT2D eigenvalue weighted by molar-refractivity contribution is 6.09. The molecule has 2 N–H and O–H groups in total. The second kappa shape index (κ2) is 12.7. The average Bonchev–Trinajstić information content (AvgIpc) is 2.95. The van der Waals surface area contributed by atoms with Crippen molar-refractivity contribution in [2.45, 2.75) is 45.1 Å². The van der Waals surface area contributed by atoms with E-state index in [1.54, 1.807) is 11.0 Å². The van der Waals surface area contributed by atoms with Crippen LogP contribution in [0.25, 0.3) is 22.2 Å². The third-order valence-corrected chi connectivity index (χ3v) is 8.03. The molecular formula is C31H37FN4O3. The van der Waals surface area contributed by atoms with Gasteiger partial charge < -0.3 is 15.3 Å². The van der Waals surface area contributed by atoms with Crippen molar-refractivity contribution in [3.63, 3.8) is 0 Å². The Balaban J connectivity index is 1.52. The van der Waals surface area contributed by atoms with E-state index in [4.69, 9.17) is 4.98 Å². The minimum absolute atomic E-state index is 0.0603. The Morgan fingerprint density at radius 1 is 1.08 bits per heavy atom. The second-order valence-electron chi connectivity index (χ2n) is 10.7. The SMILES string of the molecule is O=C(NCCC1CCCCC1)c1c(CN2CCN(CCO)C(=O)C2)c(-c2ccccc2)nc2ccc(F)cc12. The van der Waals surface area contributed by atoms with Gasteiger partial charge in [0.1, 0.15) is 5.82 Å². The van der Waals surface area contributed by atoms with Crippen molar-refractivity contribution in [3.8, 4) is 11.3 Å². The molecule has 5 rings (SSSR count). The number of hydrogen-bond donors (Lipinski definition) is 2. The molecule has 0 bridgehead atoms. The van der Waals surface area contributed by atoms with Gasteiger partial charge >= 0.3 is 0 Å². The Morgan fingerprint density at radius 2 is 1.87 bits per heavy atom. The first-order chi connectivity index (χ1) is 19.0. The largest absolute Gasteiger partial charge is 0.395 e. The van der Waals surface area contributed by atoms with Gasteiger partial charge in [0.25, 0.3) is 5.91 Å². The molecular weight excluding hydrogens is 495 g/mol.